The van der Waals surface area contributed by atoms with Gasteiger partial charge in [0.15, 0.2) is 0 Å². The van der Waals surface area contributed by atoms with Crippen LogP contribution in [-0.2, 0) is 13.1 Å². The molecule has 0 amide bonds. The molecule has 3 rings (SSSR count). The first-order valence-electron chi connectivity index (χ1n) is 9.53. The van der Waals surface area contributed by atoms with Crippen molar-refractivity contribution in [2.24, 2.45) is 0 Å². The van der Waals surface area contributed by atoms with Gasteiger partial charge in [-0.2, -0.15) is 4.39 Å². The van der Waals surface area contributed by atoms with Gasteiger partial charge in [0.2, 0.25) is 5.82 Å². The second kappa shape index (κ2) is 8.79. The van der Waals surface area contributed by atoms with Crippen LogP contribution in [0.5, 0.6) is 0 Å². The average Bonchev–Trinajstić information content (AvgIpc) is 3.00. The molecule has 0 saturated heterocycles. The molecule has 6 nitrogen and oxygen atoms in total. The maximum Gasteiger partial charge on any atom is 0.328 e. The first-order valence-corrected chi connectivity index (χ1v) is 9.53. The molecule has 2 heterocycles. The van der Waals surface area contributed by atoms with Gasteiger partial charge in [-0.25, -0.2) is 9.78 Å². The number of unbranched alkanes of at least 4 members (excludes halogenated alkanes) is 5. The summed E-state index contributed by atoms with van der Waals surface area (Å²) in [6.45, 7) is 3.10. The van der Waals surface area contributed by atoms with Gasteiger partial charge in [-0.1, -0.05) is 51.2 Å². The molecule has 0 radical (unpaired) electrons. The highest BCUT2D eigenvalue weighted by Gasteiger charge is 2.12. The maximum atomic E-state index is 13.6. The van der Waals surface area contributed by atoms with Crippen molar-refractivity contribution in [3.63, 3.8) is 0 Å². The Hall–Kier alpha value is -2.70. The number of H-pyrrole nitrogens is 1. The third kappa shape index (κ3) is 4.53. The lowest BCUT2D eigenvalue weighted by Crippen LogP contribution is -2.32. The molecule has 0 atom stereocenters. The van der Waals surface area contributed by atoms with E-state index in [9.17, 15) is 14.0 Å². The number of hydrogen-bond acceptors (Lipinski definition) is 3. The Bertz CT molecular complexity index is 1020. The fourth-order valence-corrected chi connectivity index (χ4v) is 3.30. The number of nitrogens with zero attached hydrogens (tertiary/aromatic N) is 3. The summed E-state index contributed by atoms with van der Waals surface area (Å²) in [5.41, 5.74) is 0.201. The van der Waals surface area contributed by atoms with Gasteiger partial charge in [-0.05, 0) is 18.6 Å². The van der Waals surface area contributed by atoms with Crippen LogP contribution in [0, 0.1) is 5.82 Å². The molecular weight excluding hydrogens is 347 g/mol. The van der Waals surface area contributed by atoms with Crippen molar-refractivity contribution in [2.45, 2.75) is 58.5 Å². The van der Waals surface area contributed by atoms with Gasteiger partial charge in [0, 0.05) is 6.54 Å². The van der Waals surface area contributed by atoms with Crippen LogP contribution in [0.2, 0.25) is 0 Å². The highest BCUT2D eigenvalue weighted by molar-refractivity contribution is 5.75. The molecule has 3 aromatic rings. The van der Waals surface area contributed by atoms with E-state index in [0.717, 1.165) is 41.2 Å². The molecule has 0 aliphatic carbocycles. The molecule has 144 valence electrons. The minimum atomic E-state index is -1.00. The Morgan fingerprint density at radius 2 is 1.81 bits per heavy atom. The normalized spacial score (nSPS) is 11.3. The van der Waals surface area contributed by atoms with Crippen LogP contribution < -0.4 is 11.2 Å². The molecule has 0 bridgehead atoms. The summed E-state index contributed by atoms with van der Waals surface area (Å²) in [7, 11) is 0. The summed E-state index contributed by atoms with van der Waals surface area (Å²) >= 11 is 0. The number of para-hydroxylation sites is 2. The average molecular weight is 372 g/mol. The van der Waals surface area contributed by atoms with Crippen LogP contribution in [-0.4, -0.2) is 19.1 Å². The molecule has 1 N–H and O–H groups in total. The van der Waals surface area contributed by atoms with E-state index in [1.165, 1.54) is 25.7 Å². The number of imidazole rings is 1. The summed E-state index contributed by atoms with van der Waals surface area (Å²) in [4.78, 5) is 29.8. The molecule has 0 saturated carbocycles. The van der Waals surface area contributed by atoms with Crippen LogP contribution in [0.4, 0.5) is 4.39 Å². The number of aryl methyl sites for hydroxylation is 1. The zero-order valence-corrected chi connectivity index (χ0v) is 15.6. The number of nitrogens with one attached hydrogen (secondary N) is 1. The highest BCUT2D eigenvalue weighted by Crippen LogP contribution is 2.18. The van der Waals surface area contributed by atoms with E-state index < -0.39 is 17.1 Å². The van der Waals surface area contributed by atoms with Crippen LogP contribution in [0.1, 0.15) is 51.3 Å². The zero-order chi connectivity index (χ0) is 19.2. The first-order chi connectivity index (χ1) is 13.1. The SMILES string of the molecule is CCCCCCCCn1c(Cn2cc(F)c(=O)[nH]c2=O)nc2ccccc21. The maximum absolute atomic E-state index is 13.6. The van der Waals surface area contributed by atoms with Gasteiger partial charge in [0.1, 0.15) is 5.82 Å². The minimum Gasteiger partial charge on any atom is -0.326 e. The predicted octanol–water partition coefficient (Wildman–Crippen LogP) is 3.43. The van der Waals surface area contributed by atoms with Gasteiger partial charge < -0.3 is 4.57 Å². The van der Waals surface area contributed by atoms with Crippen molar-refractivity contribution in [3.05, 3.63) is 62.9 Å². The van der Waals surface area contributed by atoms with Crippen molar-refractivity contribution in [1.29, 1.82) is 0 Å². The van der Waals surface area contributed by atoms with E-state index in [1.54, 1.807) is 0 Å². The van der Waals surface area contributed by atoms with Gasteiger partial charge in [0.05, 0.1) is 23.8 Å². The Kier molecular flexibility index (Phi) is 6.21. The van der Waals surface area contributed by atoms with Gasteiger partial charge in [-0.3, -0.25) is 14.3 Å². The molecule has 27 heavy (non-hydrogen) atoms. The third-order valence-corrected chi connectivity index (χ3v) is 4.75. The highest BCUT2D eigenvalue weighted by atomic mass is 19.1. The molecule has 0 fully saturated rings. The van der Waals surface area contributed by atoms with Crippen molar-refractivity contribution in [2.75, 3.05) is 0 Å². The number of benzene rings is 1. The summed E-state index contributed by atoms with van der Waals surface area (Å²) < 4.78 is 16.8. The summed E-state index contributed by atoms with van der Waals surface area (Å²) in [6.07, 6.45) is 8.04. The fraction of sp³-hybridized carbons (Fsp3) is 0.450. The zero-order valence-electron chi connectivity index (χ0n) is 15.6. The number of fused-ring (bicyclic) bond motifs is 1. The summed E-state index contributed by atoms with van der Waals surface area (Å²) in [5.74, 6) is -0.300. The first kappa shape index (κ1) is 19.1. The topological polar surface area (TPSA) is 72.7 Å². The number of halogens is 1. The summed E-state index contributed by atoms with van der Waals surface area (Å²) in [5, 5.41) is 0. The lowest BCUT2D eigenvalue weighted by Gasteiger charge is -2.10. The Labute approximate surface area is 156 Å². The Balaban J connectivity index is 1.83. The van der Waals surface area contributed by atoms with Crippen LogP contribution in [0.3, 0.4) is 0 Å². The minimum absolute atomic E-state index is 0.108. The van der Waals surface area contributed by atoms with Crippen LogP contribution in [0.15, 0.2) is 40.1 Å². The van der Waals surface area contributed by atoms with E-state index in [1.807, 2.05) is 29.2 Å². The quantitative estimate of drug-likeness (QED) is 0.585. The van der Waals surface area contributed by atoms with Crippen LogP contribution in [0.25, 0.3) is 11.0 Å². The van der Waals surface area contributed by atoms with E-state index in [4.69, 9.17) is 0 Å². The number of aromatic nitrogens is 4. The van der Waals surface area contributed by atoms with Gasteiger partial charge in [-0.15, -0.1) is 0 Å². The lowest BCUT2D eigenvalue weighted by atomic mass is 10.1. The smallest absolute Gasteiger partial charge is 0.326 e. The fourth-order valence-electron chi connectivity index (χ4n) is 3.30. The molecule has 7 heteroatoms. The Morgan fingerprint density at radius 1 is 1.07 bits per heavy atom. The molecule has 0 aliphatic heterocycles. The number of aromatic amines is 1. The summed E-state index contributed by atoms with van der Waals surface area (Å²) in [6, 6.07) is 7.80. The van der Waals surface area contributed by atoms with Crippen molar-refractivity contribution in [1.82, 2.24) is 19.1 Å². The van der Waals surface area contributed by atoms with Gasteiger partial charge >= 0.3 is 5.69 Å². The van der Waals surface area contributed by atoms with Crippen molar-refractivity contribution in [3.8, 4) is 0 Å². The number of rotatable bonds is 9. The van der Waals surface area contributed by atoms with E-state index in [0.29, 0.717) is 5.82 Å². The molecule has 0 aliphatic rings. The molecular formula is C20H25FN4O2. The van der Waals surface area contributed by atoms with E-state index >= 15 is 0 Å². The molecule has 0 unspecified atom stereocenters. The largest absolute Gasteiger partial charge is 0.328 e. The van der Waals surface area contributed by atoms with E-state index in [-0.39, 0.29) is 6.54 Å². The monoisotopic (exact) mass is 372 g/mol. The molecule has 1 aromatic carbocycles. The second-order valence-corrected chi connectivity index (χ2v) is 6.80. The van der Waals surface area contributed by atoms with Gasteiger partial charge in [0.25, 0.3) is 5.56 Å². The van der Waals surface area contributed by atoms with E-state index in [2.05, 4.69) is 16.5 Å². The lowest BCUT2D eigenvalue weighted by molar-refractivity contribution is 0.531. The van der Waals surface area contributed by atoms with Crippen LogP contribution >= 0.6 is 0 Å². The molecule has 2 aromatic heterocycles. The molecule has 0 spiro atoms. The van der Waals surface area contributed by atoms with Crippen molar-refractivity contribution < 1.29 is 4.39 Å². The second-order valence-electron chi connectivity index (χ2n) is 6.80. The Morgan fingerprint density at radius 3 is 2.63 bits per heavy atom. The predicted molar refractivity (Wildman–Crippen MR) is 103 cm³/mol. The van der Waals surface area contributed by atoms with Crippen molar-refractivity contribution >= 4 is 11.0 Å². The number of hydrogen-bond donors (Lipinski definition) is 1. The third-order valence-electron chi connectivity index (χ3n) is 4.75. The standard InChI is InChI=1S/C20H25FN4O2/c1-2-3-4-5-6-9-12-25-17-11-8-7-10-16(17)22-18(25)14-24-13-15(21)19(26)23-20(24)27/h7-8,10-11,13H,2-6,9,12,14H2,1H3,(H,23,26,27).